The third-order valence-corrected chi connectivity index (χ3v) is 6.37. The van der Waals surface area contributed by atoms with Gasteiger partial charge in [0, 0.05) is 13.0 Å². The van der Waals surface area contributed by atoms with Crippen LogP contribution in [0.3, 0.4) is 0 Å². The Kier molecular flexibility index (Phi) is 7.52. The van der Waals surface area contributed by atoms with Crippen molar-refractivity contribution >= 4 is 26.0 Å². The Morgan fingerprint density at radius 3 is 2.00 bits per heavy atom. The molecule has 0 amide bonds. The van der Waals surface area contributed by atoms with Crippen LogP contribution in [-0.4, -0.2) is 61.2 Å². The number of piperidine rings is 1. The summed E-state index contributed by atoms with van der Waals surface area (Å²) in [6.07, 6.45) is 1.51. The predicted octanol–water partition coefficient (Wildman–Crippen LogP) is 1.25. The Bertz CT molecular complexity index is 795. The van der Waals surface area contributed by atoms with Gasteiger partial charge in [-0.25, -0.2) is 0 Å². The first-order valence-corrected chi connectivity index (χ1v) is 11.9. The van der Waals surface area contributed by atoms with Gasteiger partial charge in [-0.2, -0.15) is 16.8 Å². The fourth-order valence-electron chi connectivity index (χ4n) is 3.38. The molecule has 1 saturated heterocycles. The van der Waals surface area contributed by atoms with Crippen molar-refractivity contribution in [3.63, 3.8) is 0 Å². The zero-order valence-corrected chi connectivity index (χ0v) is 16.5. The lowest BCUT2D eigenvalue weighted by Crippen LogP contribution is -2.36. The molecule has 0 radical (unpaired) electrons. The molecular formula is C17H25NO7S2. The molecule has 10 heteroatoms. The van der Waals surface area contributed by atoms with E-state index in [2.05, 4.69) is 4.90 Å². The van der Waals surface area contributed by atoms with Gasteiger partial charge in [-0.15, -0.1) is 0 Å². The maximum Gasteiger partial charge on any atom is 0.265 e. The molecule has 8 nitrogen and oxygen atoms in total. The number of likely N-dealkylation sites (tertiary alicyclic amines) is 1. The molecule has 0 saturated carbocycles. The highest BCUT2D eigenvalue weighted by Crippen LogP contribution is 2.24. The van der Waals surface area contributed by atoms with Crippen molar-refractivity contribution < 1.29 is 30.7 Å². The molecule has 1 aromatic rings. The average molecular weight is 420 g/mol. The van der Waals surface area contributed by atoms with Gasteiger partial charge in [0.1, 0.15) is 5.78 Å². The predicted molar refractivity (Wildman–Crippen MR) is 100 cm³/mol. The summed E-state index contributed by atoms with van der Waals surface area (Å²) in [5, 5.41) is 0. The van der Waals surface area contributed by atoms with Crippen LogP contribution in [-0.2, 0) is 31.6 Å². The number of rotatable bonds is 9. The third-order valence-electron chi connectivity index (χ3n) is 4.72. The van der Waals surface area contributed by atoms with Crippen LogP contribution >= 0.6 is 0 Å². The third kappa shape index (κ3) is 8.48. The lowest BCUT2D eigenvalue weighted by molar-refractivity contribution is -0.123. The average Bonchev–Trinajstić information content (AvgIpc) is 2.54. The Morgan fingerprint density at radius 2 is 1.52 bits per heavy atom. The van der Waals surface area contributed by atoms with Gasteiger partial charge < -0.3 is 0 Å². The number of nitrogens with zero attached hydrogens (tertiary/aromatic N) is 1. The molecule has 1 heterocycles. The molecule has 2 rings (SSSR count). The highest BCUT2D eigenvalue weighted by molar-refractivity contribution is 7.86. The van der Waals surface area contributed by atoms with Gasteiger partial charge in [0.05, 0.1) is 17.4 Å². The van der Waals surface area contributed by atoms with Gasteiger partial charge in [0.25, 0.3) is 20.2 Å². The Balaban J connectivity index is 1.88. The Labute approximate surface area is 160 Å². The Hall–Kier alpha value is -1.33. The molecule has 1 aliphatic heterocycles. The molecule has 2 N–H and O–H groups in total. The second-order valence-electron chi connectivity index (χ2n) is 7.07. The highest BCUT2D eigenvalue weighted by atomic mass is 32.2. The van der Waals surface area contributed by atoms with Crippen molar-refractivity contribution in [1.82, 2.24) is 4.90 Å². The number of carbonyl (C=O) groups excluding carboxylic acids is 1. The molecular weight excluding hydrogens is 394 g/mol. The molecule has 0 aromatic heterocycles. The number of hydrogen-bond donors (Lipinski definition) is 2. The molecule has 0 unspecified atom stereocenters. The van der Waals surface area contributed by atoms with Gasteiger partial charge in [-0.05, 0) is 37.4 Å². The highest BCUT2D eigenvalue weighted by Gasteiger charge is 2.31. The second kappa shape index (κ2) is 9.24. The summed E-state index contributed by atoms with van der Waals surface area (Å²) in [7, 11) is -9.06. The van der Waals surface area contributed by atoms with E-state index in [9.17, 15) is 21.6 Å². The van der Waals surface area contributed by atoms with Crippen LogP contribution in [0.25, 0.3) is 0 Å². The zero-order valence-electron chi connectivity index (χ0n) is 14.9. The van der Waals surface area contributed by atoms with Crippen LogP contribution in [0.15, 0.2) is 30.3 Å². The summed E-state index contributed by atoms with van der Waals surface area (Å²) in [6, 6.07) is 10.0. The van der Waals surface area contributed by atoms with Gasteiger partial charge in [-0.1, -0.05) is 30.3 Å². The van der Waals surface area contributed by atoms with E-state index in [1.54, 1.807) is 0 Å². The lowest BCUT2D eigenvalue weighted by Gasteiger charge is -2.32. The summed E-state index contributed by atoms with van der Waals surface area (Å²) < 4.78 is 62.1. The van der Waals surface area contributed by atoms with E-state index in [0.717, 1.165) is 32.5 Å². The van der Waals surface area contributed by atoms with Gasteiger partial charge in [0.15, 0.2) is 0 Å². The smallest absolute Gasteiger partial charge is 0.265 e. The minimum Gasteiger partial charge on any atom is -0.299 e. The number of benzene rings is 1. The van der Waals surface area contributed by atoms with Crippen molar-refractivity contribution in [1.29, 1.82) is 0 Å². The van der Waals surface area contributed by atoms with Crippen molar-refractivity contribution in [2.45, 2.75) is 25.8 Å². The fraction of sp³-hybridized carbons (Fsp3) is 0.588. The first kappa shape index (κ1) is 22.0. The van der Waals surface area contributed by atoms with E-state index in [-0.39, 0.29) is 12.3 Å². The van der Waals surface area contributed by atoms with Gasteiger partial charge >= 0.3 is 0 Å². The number of hydrogen-bond acceptors (Lipinski definition) is 6. The number of Topliss-reactive ketones (excluding diaryl/α,β-unsaturated/α-hetero) is 1. The summed E-state index contributed by atoms with van der Waals surface area (Å²) in [6.45, 7) is 2.39. The van der Waals surface area contributed by atoms with Crippen LogP contribution in [0.5, 0.6) is 0 Å². The van der Waals surface area contributed by atoms with Crippen molar-refractivity contribution in [2.75, 3.05) is 24.6 Å². The lowest BCUT2D eigenvalue weighted by atomic mass is 9.88. The minimum absolute atomic E-state index is 0.0230. The zero-order chi connectivity index (χ0) is 20.1. The van der Waals surface area contributed by atoms with Crippen LogP contribution in [0.4, 0.5) is 0 Å². The van der Waals surface area contributed by atoms with Crippen LogP contribution < -0.4 is 0 Å². The second-order valence-corrected chi connectivity index (χ2v) is 10.1. The summed E-state index contributed by atoms with van der Waals surface area (Å²) in [4.78, 5) is 14.6. The van der Waals surface area contributed by atoms with Crippen LogP contribution in [0.1, 0.15) is 24.8 Å². The maximum atomic E-state index is 12.4. The summed E-state index contributed by atoms with van der Waals surface area (Å²) >= 11 is 0. The Morgan fingerprint density at radius 1 is 1.00 bits per heavy atom. The summed E-state index contributed by atoms with van der Waals surface area (Å²) in [5.74, 6) is -4.00. The molecule has 1 aliphatic rings. The van der Waals surface area contributed by atoms with Crippen molar-refractivity contribution in [3.05, 3.63) is 35.9 Å². The molecule has 152 valence electrons. The monoisotopic (exact) mass is 419 g/mol. The SMILES string of the molecule is O=C(CC1CCN(Cc2ccccc2)CC1)C(CS(=O)(=O)O)CS(=O)(=O)O. The first-order chi connectivity index (χ1) is 12.5. The van der Waals surface area contributed by atoms with Crippen molar-refractivity contribution in [3.8, 4) is 0 Å². The molecule has 0 bridgehead atoms. The standard InChI is InChI=1S/C17H25NO7S2/c19-17(16(12-26(20,21)22)13-27(23,24)25)10-14-6-8-18(9-7-14)11-15-4-2-1-3-5-15/h1-5,14,16H,6-13H2,(H,20,21,22)(H,23,24,25). The first-order valence-electron chi connectivity index (χ1n) is 8.71. The molecule has 27 heavy (non-hydrogen) atoms. The normalized spacial score (nSPS) is 17.3. The van der Waals surface area contributed by atoms with Crippen LogP contribution in [0, 0.1) is 11.8 Å². The molecule has 0 atom stereocenters. The van der Waals surface area contributed by atoms with E-state index in [4.69, 9.17) is 9.11 Å². The van der Waals surface area contributed by atoms with Crippen LogP contribution in [0.2, 0.25) is 0 Å². The topological polar surface area (TPSA) is 129 Å². The fourth-order valence-corrected chi connectivity index (χ4v) is 5.16. The van der Waals surface area contributed by atoms with E-state index in [0.29, 0.717) is 0 Å². The van der Waals surface area contributed by atoms with E-state index >= 15 is 0 Å². The quantitative estimate of drug-likeness (QED) is 0.572. The van der Waals surface area contributed by atoms with Gasteiger partial charge in [-0.3, -0.25) is 18.8 Å². The molecule has 1 aromatic carbocycles. The minimum atomic E-state index is -4.53. The molecule has 0 aliphatic carbocycles. The van der Waals surface area contributed by atoms with Crippen molar-refractivity contribution in [2.24, 2.45) is 11.8 Å². The summed E-state index contributed by atoms with van der Waals surface area (Å²) in [5.41, 5.74) is 1.20. The van der Waals surface area contributed by atoms with E-state index < -0.39 is 43.4 Å². The number of ketones is 1. The molecule has 1 fully saturated rings. The van der Waals surface area contributed by atoms with Gasteiger partial charge in [0.2, 0.25) is 0 Å². The molecule has 0 spiro atoms. The maximum absolute atomic E-state index is 12.4. The van der Waals surface area contributed by atoms with E-state index in [1.165, 1.54) is 5.56 Å². The number of carbonyl (C=O) groups is 1. The van der Waals surface area contributed by atoms with E-state index in [1.807, 2.05) is 30.3 Å². The largest absolute Gasteiger partial charge is 0.299 e.